The van der Waals surface area contributed by atoms with Crippen molar-refractivity contribution in [3.8, 4) is 0 Å². The average Bonchev–Trinajstić information content (AvgIpc) is 2.49. The summed E-state index contributed by atoms with van der Waals surface area (Å²) in [6.45, 7) is 1.10. The van der Waals surface area contributed by atoms with E-state index < -0.39 is 11.9 Å². The average molecular weight is 380 g/mol. The van der Waals surface area contributed by atoms with Crippen molar-refractivity contribution < 1.29 is 29.4 Å². The maximum absolute atomic E-state index is 11.3. The van der Waals surface area contributed by atoms with Crippen LogP contribution in [0, 0.1) is 0 Å². The van der Waals surface area contributed by atoms with Crippen molar-refractivity contribution in [3.05, 3.63) is 0 Å². The van der Waals surface area contributed by atoms with Gasteiger partial charge in [-0.25, -0.2) is 0 Å². The summed E-state index contributed by atoms with van der Waals surface area (Å²) in [4.78, 5) is 43.3. The van der Waals surface area contributed by atoms with Crippen molar-refractivity contribution in [2.75, 3.05) is 24.6 Å². The largest absolute Gasteiger partial charge is 0.481 e. The lowest BCUT2D eigenvalue weighted by atomic mass is 10.2. The van der Waals surface area contributed by atoms with Gasteiger partial charge >= 0.3 is 11.9 Å². The Bertz CT molecular complexity index is 382. The van der Waals surface area contributed by atoms with Gasteiger partial charge in [0.1, 0.15) is 0 Å². The van der Waals surface area contributed by atoms with Gasteiger partial charge in [0, 0.05) is 24.6 Å². The number of thioether (sulfide) groups is 2. The molecule has 0 aliphatic heterocycles. The number of unbranched alkanes of at least 4 members (excludes halogenated alkanes) is 3. The predicted molar refractivity (Wildman–Crippen MR) is 94.7 cm³/mol. The molecule has 0 spiro atoms. The first-order chi connectivity index (χ1) is 11.4. The molecule has 0 aromatic heterocycles. The molecule has 138 valence electrons. The Morgan fingerprint density at radius 1 is 0.667 bits per heavy atom. The summed E-state index contributed by atoms with van der Waals surface area (Å²) < 4.78 is 0. The fourth-order valence-corrected chi connectivity index (χ4v) is 2.88. The fourth-order valence-electron chi connectivity index (χ4n) is 1.55. The lowest BCUT2D eigenvalue weighted by Crippen LogP contribution is -2.21. The van der Waals surface area contributed by atoms with E-state index in [0.717, 1.165) is 49.2 Å². The highest BCUT2D eigenvalue weighted by atomic mass is 32.2. The first-order valence-corrected chi connectivity index (χ1v) is 9.63. The number of nitrogens with one attached hydrogen (secondary N) is 2. The number of aliphatic carboxylic acids is 2. The standard InChI is InChI=1S/C14H24N2O6S2/c17-11(18)5-9-23-13(21)15-7-3-1-2-4-8-16-14(22)24-10-6-12(19)20/h1-10H2,(H,15,21)(H,16,22)(H,17,18)(H,19,20). The Kier molecular flexibility index (Phi) is 14.2. The molecule has 0 aromatic rings. The molecule has 0 rings (SSSR count). The molecule has 24 heavy (non-hydrogen) atoms. The number of hydrogen-bond donors (Lipinski definition) is 4. The molecule has 0 saturated carbocycles. The third kappa shape index (κ3) is 16.9. The van der Waals surface area contributed by atoms with E-state index in [1.807, 2.05) is 0 Å². The second-order valence-corrected chi connectivity index (χ2v) is 6.96. The van der Waals surface area contributed by atoms with E-state index in [2.05, 4.69) is 10.6 Å². The summed E-state index contributed by atoms with van der Waals surface area (Å²) in [6.07, 6.45) is 3.43. The molecule has 2 amide bonds. The summed E-state index contributed by atoms with van der Waals surface area (Å²) in [5, 5.41) is 21.9. The Morgan fingerprint density at radius 2 is 1.04 bits per heavy atom. The zero-order valence-corrected chi connectivity index (χ0v) is 15.0. The van der Waals surface area contributed by atoms with Crippen LogP contribution >= 0.6 is 23.5 Å². The van der Waals surface area contributed by atoms with Gasteiger partial charge in [0.15, 0.2) is 0 Å². The summed E-state index contributed by atoms with van der Waals surface area (Å²) in [7, 11) is 0. The number of hydrogen-bond acceptors (Lipinski definition) is 6. The number of carbonyl (C=O) groups excluding carboxylic acids is 2. The van der Waals surface area contributed by atoms with Crippen molar-refractivity contribution in [1.29, 1.82) is 0 Å². The second-order valence-electron chi connectivity index (χ2n) is 4.83. The van der Waals surface area contributed by atoms with Crippen LogP contribution in [0.25, 0.3) is 0 Å². The fraction of sp³-hybridized carbons (Fsp3) is 0.714. The van der Waals surface area contributed by atoms with Crippen LogP contribution in [0.2, 0.25) is 0 Å². The highest BCUT2D eigenvalue weighted by molar-refractivity contribution is 8.13. The maximum atomic E-state index is 11.3. The van der Waals surface area contributed by atoms with E-state index in [4.69, 9.17) is 10.2 Å². The highest BCUT2D eigenvalue weighted by Crippen LogP contribution is 2.06. The number of amides is 2. The van der Waals surface area contributed by atoms with Gasteiger partial charge in [-0.2, -0.15) is 0 Å². The van der Waals surface area contributed by atoms with Gasteiger partial charge in [-0.15, -0.1) is 0 Å². The van der Waals surface area contributed by atoms with Crippen molar-refractivity contribution in [3.63, 3.8) is 0 Å². The molecule has 0 heterocycles. The lowest BCUT2D eigenvalue weighted by molar-refractivity contribution is -0.137. The number of rotatable bonds is 13. The zero-order chi connectivity index (χ0) is 18.2. The Balaban J connectivity index is 3.32. The first-order valence-electron chi connectivity index (χ1n) is 7.66. The first kappa shape index (κ1) is 22.6. The Hall–Kier alpha value is -1.42. The van der Waals surface area contributed by atoms with Crippen molar-refractivity contribution in [1.82, 2.24) is 10.6 Å². The van der Waals surface area contributed by atoms with Crippen molar-refractivity contribution >= 4 is 45.9 Å². The molecule has 0 aromatic carbocycles. The lowest BCUT2D eigenvalue weighted by Gasteiger charge is -2.05. The normalized spacial score (nSPS) is 10.2. The quantitative estimate of drug-likeness (QED) is 0.358. The Labute approximate surface area is 149 Å². The third-order valence-electron chi connectivity index (χ3n) is 2.74. The van der Waals surface area contributed by atoms with Crippen LogP contribution in [0.4, 0.5) is 9.59 Å². The van der Waals surface area contributed by atoms with E-state index in [-0.39, 0.29) is 34.8 Å². The van der Waals surface area contributed by atoms with E-state index in [1.165, 1.54) is 0 Å². The molecular formula is C14H24N2O6S2. The van der Waals surface area contributed by atoms with Crippen molar-refractivity contribution in [2.45, 2.75) is 38.5 Å². The van der Waals surface area contributed by atoms with E-state index in [9.17, 15) is 19.2 Å². The van der Waals surface area contributed by atoms with Crippen molar-refractivity contribution in [2.24, 2.45) is 0 Å². The van der Waals surface area contributed by atoms with Crippen LogP contribution in [0.15, 0.2) is 0 Å². The minimum Gasteiger partial charge on any atom is -0.481 e. The van der Waals surface area contributed by atoms with Gasteiger partial charge in [-0.05, 0) is 12.8 Å². The van der Waals surface area contributed by atoms with E-state index in [0.29, 0.717) is 13.1 Å². The monoisotopic (exact) mass is 380 g/mol. The molecule has 0 aliphatic rings. The number of carbonyl (C=O) groups is 4. The summed E-state index contributed by atoms with van der Waals surface area (Å²) in [5.41, 5.74) is 0. The molecule has 8 nitrogen and oxygen atoms in total. The zero-order valence-electron chi connectivity index (χ0n) is 13.4. The Morgan fingerprint density at radius 3 is 1.38 bits per heavy atom. The molecule has 0 bridgehead atoms. The SMILES string of the molecule is O=C(O)CCSC(=O)NCCCCCCNC(=O)SCCC(=O)O. The molecule has 4 N–H and O–H groups in total. The summed E-state index contributed by atoms with van der Waals surface area (Å²) in [6, 6.07) is 0. The van der Waals surface area contributed by atoms with Crippen LogP contribution in [-0.4, -0.2) is 57.2 Å². The molecular weight excluding hydrogens is 356 g/mol. The second kappa shape index (κ2) is 15.1. The van der Waals surface area contributed by atoms with Crippen LogP contribution < -0.4 is 10.6 Å². The molecule has 0 atom stereocenters. The topological polar surface area (TPSA) is 133 Å². The summed E-state index contributed by atoms with van der Waals surface area (Å²) >= 11 is 1.94. The van der Waals surface area contributed by atoms with Crippen LogP contribution in [0.3, 0.4) is 0 Å². The molecule has 0 fully saturated rings. The van der Waals surface area contributed by atoms with Gasteiger partial charge in [0.25, 0.3) is 10.5 Å². The molecule has 10 heteroatoms. The molecule has 0 unspecified atom stereocenters. The van der Waals surface area contributed by atoms with Gasteiger partial charge in [0.2, 0.25) is 0 Å². The third-order valence-corrected chi connectivity index (χ3v) is 4.37. The number of carboxylic acid groups (broad SMARTS) is 2. The number of carboxylic acids is 2. The highest BCUT2D eigenvalue weighted by Gasteiger charge is 2.05. The van der Waals surface area contributed by atoms with Gasteiger partial charge in [-0.3, -0.25) is 19.2 Å². The molecule has 0 saturated heterocycles. The minimum atomic E-state index is -0.914. The summed E-state index contributed by atoms with van der Waals surface area (Å²) in [5.74, 6) is -1.29. The van der Waals surface area contributed by atoms with Gasteiger partial charge in [0.05, 0.1) is 12.8 Å². The van der Waals surface area contributed by atoms with Gasteiger partial charge in [-0.1, -0.05) is 36.4 Å². The minimum absolute atomic E-state index is 0.0294. The maximum Gasteiger partial charge on any atom is 0.304 e. The smallest absolute Gasteiger partial charge is 0.304 e. The van der Waals surface area contributed by atoms with E-state index >= 15 is 0 Å². The van der Waals surface area contributed by atoms with Crippen LogP contribution in [0.5, 0.6) is 0 Å². The van der Waals surface area contributed by atoms with Gasteiger partial charge < -0.3 is 20.8 Å². The van der Waals surface area contributed by atoms with E-state index in [1.54, 1.807) is 0 Å². The predicted octanol–water partition coefficient (Wildman–Crippen LogP) is 2.38. The molecule has 0 aliphatic carbocycles. The van der Waals surface area contributed by atoms with Crippen LogP contribution in [0.1, 0.15) is 38.5 Å². The molecule has 0 radical (unpaired) electrons. The van der Waals surface area contributed by atoms with Crippen LogP contribution in [-0.2, 0) is 9.59 Å².